The number of carboxylic acids is 1. The molecule has 0 unspecified atom stereocenters. The fourth-order valence-corrected chi connectivity index (χ4v) is 5.19. The minimum atomic E-state index is -3.59. The van der Waals surface area contributed by atoms with E-state index in [-0.39, 0.29) is 5.75 Å². The van der Waals surface area contributed by atoms with Gasteiger partial charge in [0.2, 0.25) is 5.89 Å². The van der Waals surface area contributed by atoms with Crippen LogP contribution in [0.3, 0.4) is 0 Å². The summed E-state index contributed by atoms with van der Waals surface area (Å²) in [4.78, 5) is 18.7. The first-order valence-electron chi connectivity index (χ1n) is 13.9. The van der Waals surface area contributed by atoms with Crippen molar-refractivity contribution in [1.29, 1.82) is 0 Å². The number of nitrogens with zero attached hydrogens (tertiary/aromatic N) is 2. The second kappa shape index (κ2) is 13.0. The largest absolute Gasteiger partial charge is 0.478 e. The van der Waals surface area contributed by atoms with Gasteiger partial charge in [-0.15, -0.1) is 0 Å². The summed E-state index contributed by atoms with van der Waals surface area (Å²) in [6.45, 7) is 10.7. The smallest absolute Gasteiger partial charge is 0.347 e. The number of carboxylic acid groups (broad SMARTS) is 1. The zero-order valence-electron chi connectivity index (χ0n) is 25.4. The van der Waals surface area contributed by atoms with Crippen molar-refractivity contribution in [2.75, 3.05) is 12.8 Å². The quantitative estimate of drug-likeness (QED) is 0.180. The number of aliphatic carboxylic acids is 1. The summed E-state index contributed by atoms with van der Waals surface area (Å²) < 4.78 is 39.8. The first kappa shape index (κ1) is 31.8. The van der Waals surface area contributed by atoms with Gasteiger partial charge in [-0.3, -0.25) is 4.90 Å². The molecule has 0 spiro atoms. The molecule has 0 amide bonds. The minimum Gasteiger partial charge on any atom is -0.478 e. The van der Waals surface area contributed by atoms with E-state index in [0.717, 1.165) is 45.5 Å². The Labute approximate surface area is 253 Å². The first-order chi connectivity index (χ1) is 20.2. The number of hydrogen-bond acceptors (Lipinski definition) is 8. The summed E-state index contributed by atoms with van der Waals surface area (Å²) >= 11 is 0. The zero-order chi connectivity index (χ0) is 31.4. The van der Waals surface area contributed by atoms with Crippen LogP contribution in [-0.2, 0) is 34.4 Å². The number of rotatable bonds is 13. The number of carbonyl (C=O) groups is 1. The lowest BCUT2D eigenvalue weighted by Gasteiger charge is -2.26. The van der Waals surface area contributed by atoms with E-state index in [9.17, 15) is 18.3 Å². The van der Waals surface area contributed by atoms with Gasteiger partial charge < -0.3 is 18.4 Å². The van der Waals surface area contributed by atoms with Crippen molar-refractivity contribution < 1.29 is 31.7 Å². The molecule has 4 rings (SSSR count). The number of ether oxygens (including phenoxy) is 1. The molecule has 3 aromatic carbocycles. The van der Waals surface area contributed by atoms with Crippen molar-refractivity contribution in [1.82, 2.24) is 9.88 Å². The molecule has 1 aromatic heterocycles. The Kier molecular flexibility index (Phi) is 9.62. The lowest BCUT2D eigenvalue weighted by molar-refractivity contribution is -0.152. The molecule has 0 aliphatic heterocycles. The highest BCUT2D eigenvalue weighted by molar-refractivity contribution is 7.86. The van der Waals surface area contributed by atoms with Gasteiger partial charge in [-0.25, -0.2) is 9.78 Å². The van der Waals surface area contributed by atoms with E-state index in [2.05, 4.69) is 4.90 Å². The Balaban J connectivity index is 1.57. The third-order valence-corrected chi connectivity index (χ3v) is 7.47. The molecule has 0 aliphatic carbocycles. The maximum Gasteiger partial charge on any atom is 0.347 e. The minimum absolute atomic E-state index is 0.272. The molecule has 228 valence electrons. The lowest BCUT2D eigenvalue weighted by Crippen LogP contribution is -2.38. The second-order valence-electron chi connectivity index (χ2n) is 11.3. The van der Waals surface area contributed by atoms with Crippen LogP contribution in [0.15, 0.2) is 71.1 Å². The van der Waals surface area contributed by atoms with E-state index < -0.39 is 21.7 Å². The number of aryl methyl sites for hydroxylation is 3. The number of benzene rings is 3. The molecule has 1 N–H and O–H groups in total. The molecule has 1 heterocycles. The van der Waals surface area contributed by atoms with Crippen molar-refractivity contribution in [3.05, 3.63) is 100 Å². The summed E-state index contributed by atoms with van der Waals surface area (Å²) in [5, 5.41) is 9.53. The summed E-state index contributed by atoms with van der Waals surface area (Å²) in [5.74, 6) is 1.13. The maximum absolute atomic E-state index is 11.6. The predicted molar refractivity (Wildman–Crippen MR) is 165 cm³/mol. The Bertz CT molecular complexity index is 1660. The molecule has 4 aromatic rings. The molecule has 0 fully saturated rings. The van der Waals surface area contributed by atoms with Crippen LogP contribution >= 0.6 is 0 Å². The van der Waals surface area contributed by atoms with Crippen molar-refractivity contribution in [3.8, 4) is 23.0 Å². The molecule has 43 heavy (non-hydrogen) atoms. The molecular formula is C33H38N2O7S. The molecule has 0 atom stereocenters. The van der Waals surface area contributed by atoms with Crippen molar-refractivity contribution in [3.63, 3.8) is 0 Å². The van der Waals surface area contributed by atoms with Crippen LogP contribution in [0.4, 0.5) is 0 Å². The number of oxazole rings is 1. The second-order valence-corrected chi connectivity index (χ2v) is 12.8. The highest BCUT2D eigenvalue weighted by Crippen LogP contribution is 2.30. The molecule has 0 aliphatic rings. The highest BCUT2D eigenvalue weighted by Gasteiger charge is 2.30. The fourth-order valence-electron chi connectivity index (χ4n) is 4.73. The van der Waals surface area contributed by atoms with Gasteiger partial charge in [-0.1, -0.05) is 42.5 Å². The third-order valence-electron chi connectivity index (χ3n) is 6.97. The number of aromatic nitrogens is 1. The lowest BCUT2D eigenvalue weighted by atomic mass is 10.0. The van der Waals surface area contributed by atoms with Crippen LogP contribution in [0.1, 0.15) is 47.6 Å². The molecule has 9 nitrogen and oxygen atoms in total. The standard InChI is InChI=1S/C33H38N2O7S/c1-22-18-26(19-23(2)30(22)41-33(4,5)32(36)37)20-35(17-16-25-12-14-28(15-13-25)42-43(6,38)39)21-29-24(3)40-31(34-29)27-10-8-7-9-11-27/h7-15,18-19H,16-17,20-21H2,1-6H3,(H,36,37). The van der Waals surface area contributed by atoms with E-state index in [4.69, 9.17) is 18.3 Å². The van der Waals surface area contributed by atoms with Crippen LogP contribution < -0.4 is 8.92 Å². The highest BCUT2D eigenvalue weighted by atomic mass is 32.2. The van der Waals surface area contributed by atoms with Gasteiger partial charge in [0.05, 0.1) is 11.9 Å². The Morgan fingerprint density at radius 3 is 2.16 bits per heavy atom. The van der Waals surface area contributed by atoms with Gasteiger partial charge in [0, 0.05) is 25.2 Å². The number of hydrogen-bond donors (Lipinski definition) is 1. The molecule has 0 saturated carbocycles. The Hall–Kier alpha value is -4.15. The van der Waals surface area contributed by atoms with Crippen LogP contribution in [0.2, 0.25) is 0 Å². The molecular weight excluding hydrogens is 568 g/mol. The molecule has 0 saturated heterocycles. The molecule has 0 radical (unpaired) electrons. The van der Waals surface area contributed by atoms with Crippen molar-refractivity contribution >= 4 is 16.1 Å². The van der Waals surface area contributed by atoms with Gasteiger partial charge in [0.15, 0.2) is 5.60 Å². The summed E-state index contributed by atoms with van der Waals surface area (Å²) in [5.41, 5.74) is 4.19. The topological polar surface area (TPSA) is 119 Å². The van der Waals surface area contributed by atoms with Gasteiger partial charge in [-0.05, 0) is 87.6 Å². The summed E-state index contributed by atoms with van der Waals surface area (Å²) in [7, 11) is -3.59. The summed E-state index contributed by atoms with van der Waals surface area (Å²) in [6, 6.07) is 20.8. The van der Waals surface area contributed by atoms with E-state index in [1.165, 1.54) is 13.8 Å². The molecule has 10 heteroatoms. The van der Waals surface area contributed by atoms with Gasteiger partial charge in [0.1, 0.15) is 17.3 Å². The van der Waals surface area contributed by atoms with Crippen LogP contribution in [0.25, 0.3) is 11.5 Å². The van der Waals surface area contributed by atoms with Crippen LogP contribution in [0.5, 0.6) is 11.5 Å². The summed E-state index contributed by atoms with van der Waals surface area (Å²) in [6.07, 6.45) is 1.72. The van der Waals surface area contributed by atoms with Gasteiger partial charge >= 0.3 is 16.1 Å². The van der Waals surface area contributed by atoms with E-state index >= 15 is 0 Å². The van der Waals surface area contributed by atoms with Crippen molar-refractivity contribution in [2.24, 2.45) is 0 Å². The zero-order valence-corrected chi connectivity index (χ0v) is 26.2. The van der Waals surface area contributed by atoms with Gasteiger partial charge in [0.25, 0.3) is 0 Å². The normalized spacial score (nSPS) is 12.0. The SMILES string of the molecule is Cc1cc(CN(CCc2ccc(OS(C)(=O)=O)cc2)Cc2nc(-c3ccccc3)oc2C)cc(C)c1OC(C)(C)C(=O)O. The van der Waals surface area contributed by atoms with E-state index in [1.54, 1.807) is 12.1 Å². The Morgan fingerprint density at radius 2 is 1.58 bits per heavy atom. The monoisotopic (exact) mass is 606 g/mol. The van der Waals surface area contributed by atoms with Crippen LogP contribution in [-0.4, -0.2) is 47.8 Å². The third kappa shape index (κ3) is 8.68. The molecule has 0 bridgehead atoms. The average Bonchev–Trinajstić information content (AvgIpc) is 3.29. The maximum atomic E-state index is 11.6. The van der Waals surface area contributed by atoms with E-state index in [1.807, 2.05) is 75.4 Å². The first-order valence-corrected chi connectivity index (χ1v) is 15.8. The van der Waals surface area contributed by atoms with Crippen LogP contribution in [0, 0.1) is 20.8 Å². The average molecular weight is 607 g/mol. The fraction of sp³-hybridized carbons (Fsp3) is 0.333. The van der Waals surface area contributed by atoms with E-state index in [0.29, 0.717) is 37.7 Å². The van der Waals surface area contributed by atoms with Crippen molar-refractivity contribution in [2.45, 2.75) is 59.7 Å². The van der Waals surface area contributed by atoms with Gasteiger partial charge in [-0.2, -0.15) is 8.42 Å². The Morgan fingerprint density at radius 1 is 0.953 bits per heavy atom. The predicted octanol–water partition coefficient (Wildman–Crippen LogP) is 6.09.